The molecule has 43 heavy (non-hydrogen) atoms. The predicted molar refractivity (Wildman–Crippen MR) is 176 cm³/mol. The van der Waals surface area contributed by atoms with Crippen molar-refractivity contribution in [2.24, 2.45) is 0 Å². The highest BCUT2D eigenvalue weighted by atomic mass is 35.5. The highest BCUT2D eigenvalue weighted by molar-refractivity contribution is 7.15. The predicted octanol–water partition coefficient (Wildman–Crippen LogP) is 7.89. The van der Waals surface area contributed by atoms with E-state index in [0.29, 0.717) is 16.5 Å². The molecule has 1 N–H and O–H groups in total. The molecule has 6 nitrogen and oxygen atoms in total. The number of oxazole rings is 1. The fraction of sp³-hybridized carbons (Fsp3) is 0.371. The van der Waals surface area contributed by atoms with Gasteiger partial charge in [0.1, 0.15) is 10.5 Å². The van der Waals surface area contributed by atoms with Crippen molar-refractivity contribution < 1.29 is 9.52 Å². The minimum Gasteiger partial charge on any atom is -0.434 e. The second-order valence-corrected chi connectivity index (χ2v) is 13.5. The molecule has 222 valence electrons. The Labute approximate surface area is 262 Å². The molecule has 7 rings (SSSR count). The summed E-state index contributed by atoms with van der Waals surface area (Å²) in [6.07, 6.45) is 3.44. The van der Waals surface area contributed by atoms with Crippen LogP contribution in [0.4, 0.5) is 0 Å². The number of aliphatic hydroxyl groups is 1. The van der Waals surface area contributed by atoms with Crippen LogP contribution in [0.2, 0.25) is 5.02 Å². The van der Waals surface area contributed by atoms with Gasteiger partial charge >= 0.3 is 0 Å². The van der Waals surface area contributed by atoms with Crippen LogP contribution >= 0.6 is 22.9 Å². The number of aliphatic hydroxyl groups excluding tert-OH is 1. The van der Waals surface area contributed by atoms with Crippen LogP contribution in [-0.4, -0.2) is 57.2 Å². The van der Waals surface area contributed by atoms with Gasteiger partial charge < -0.3 is 9.52 Å². The normalized spacial score (nSPS) is 16.7. The number of hydrogen-bond acceptors (Lipinski definition) is 7. The summed E-state index contributed by atoms with van der Waals surface area (Å²) >= 11 is 8.49. The van der Waals surface area contributed by atoms with Crippen LogP contribution in [-0.2, 0) is 19.5 Å². The van der Waals surface area contributed by atoms with Crippen molar-refractivity contribution in [3.8, 4) is 33.2 Å². The molecule has 2 aliphatic heterocycles. The van der Waals surface area contributed by atoms with E-state index in [0.717, 1.165) is 66.4 Å². The van der Waals surface area contributed by atoms with Crippen molar-refractivity contribution in [2.45, 2.75) is 59.2 Å². The highest BCUT2D eigenvalue weighted by Gasteiger charge is 2.25. The van der Waals surface area contributed by atoms with Crippen molar-refractivity contribution in [1.82, 2.24) is 19.8 Å². The van der Waals surface area contributed by atoms with Gasteiger partial charge in [0.15, 0.2) is 5.58 Å². The fourth-order valence-corrected chi connectivity index (χ4v) is 8.08. The first-order valence-corrected chi connectivity index (χ1v) is 16.4. The van der Waals surface area contributed by atoms with E-state index in [9.17, 15) is 5.11 Å². The van der Waals surface area contributed by atoms with E-state index in [1.165, 1.54) is 45.7 Å². The number of hydrogen-bond donors (Lipinski definition) is 1. The molecule has 2 aromatic heterocycles. The van der Waals surface area contributed by atoms with Gasteiger partial charge in [-0.25, -0.2) is 9.97 Å². The lowest BCUT2D eigenvalue weighted by Gasteiger charge is -2.30. The minimum absolute atomic E-state index is 0.160. The number of nitrogens with zero attached hydrogens (tertiary/aromatic N) is 4. The van der Waals surface area contributed by atoms with E-state index in [2.05, 4.69) is 73.0 Å². The Hall–Kier alpha value is -3.07. The standard InChI is InChI=1S/C35H37ClN4O2S/c1-21(20-41)40-15-12-30-32(19-40)43-35(38-30)28-11-7-9-26(23(28)3)25-8-6-10-27(22(25)2)34-37-31-17-24(16-29(36)33(31)42-34)18-39-13-4-5-14-39/h6-11,16-17,21,41H,4-5,12-15,18-20H2,1-3H3. The Morgan fingerprint density at radius 2 is 1.65 bits per heavy atom. The molecular formula is C35H37ClN4O2S. The zero-order chi connectivity index (χ0) is 29.7. The first-order valence-electron chi connectivity index (χ1n) is 15.2. The van der Waals surface area contributed by atoms with Gasteiger partial charge in [-0.1, -0.05) is 41.9 Å². The van der Waals surface area contributed by atoms with Gasteiger partial charge in [0.05, 0.1) is 17.3 Å². The molecule has 8 heteroatoms. The Morgan fingerprint density at radius 3 is 2.40 bits per heavy atom. The van der Waals surface area contributed by atoms with Gasteiger partial charge in [-0.2, -0.15) is 0 Å². The maximum absolute atomic E-state index is 9.64. The van der Waals surface area contributed by atoms with Crippen LogP contribution in [0.3, 0.4) is 0 Å². The van der Waals surface area contributed by atoms with Crippen molar-refractivity contribution in [3.63, 3.8) is 0 Å². The lowest BCUT2D eigenvalue weighted by atomic mass is 9.91. The monoisotopic (exact) mass is 612 g/mol. The lowest BCUT2D eigenvalue weighted by Crippen LogP contribution is -2.39. The average molecular weight is 613 g/mol. The van der Waals surface area contributed by atoms with Crippen LogP contribution in [0.5, 0.6) is 0 Å². The van der Waals surface area contributed by atoms with E-state index < -0.39 is 0 Å². The third-order valence-corrected chi connectivity index (χ3v) is 10.6. The fourth-order valence-electron chi connectivity index (χ4n) is 6.59. The molecule has 1 atom stereocenters. The molecule has 2 aliphatic rings. The molecule has 4 heterocycles. The van der Waals surface area contributed by atoms with Gasteiger partial charge in [0.2, 0.25) is 5.89 Å². The number of likely N-dealkylation sites (tertiary alicyclic amines) is 1. The summed E-state index contributed by atoms with van der Waals surface area (Å²) in [5.41, 5.74) is 10.6. The van der Waals surface area contributed by atoms with Gasteiger partial charge in [0, 0.05) is 48.1 Å². The summed E-state index contributed by atoms with van der Waals surface area (Å²) in [5, 5.41) is 11.3. The second-order valence-electron chi connectivity index (χ2n) is 12.0. The van der Waals surface area contributed by atoms with Crippen LogP contribution in [0, 0.1) is 13.8 Å². The first-order chi connectivity index (χ1) is 20.9. The van der Waals surface area contributed by atoms with Gasteiger partial charge in [-0.3, -0.25) is 9.80 Å². The molecular weight excluding hydrogens is 576 g/mol. The molecule has 3 aromatic carbocycles. The number of fused-ring (bicyclic) bond motifs is 2. The number of halogens is 1. The molecule has 0 saturated carbocycles. The van der Waals surface area contributed by atoms with E-state index >= 15 is 0 Å². The molecule has 0 amide bonds. The van der Waals surface area contributed by atoms with E-state index in [1.54, 1.807) is 11.3 Å². The second kappa shape index (κ2) is 11.8. The molecule has 1 saturated heterocycles. The lowest BCUT2D eigenvalue weighted by molar-refractivity contribution is 0.123. The van der Waals surface area contributed by atoms with Crippen molar-refractivity contribution >= 4 is 34.0 Å². The zero-order valence-corrected chi connectivity index (χ0v) is 26.6. The van der Waals surface area contributed by atoms with Crippen LogP contribution < -0.4 is 0 Å². The number of thiazole rings is 1. The zero-order valence-electron chi connectivity index (χ0n) is 25.0. The largest absolute Gasteiger partial charge is 0.434 e. The maximum atomic E-state index is 9.64. The highest BCUT2D eigenvalue weighted by Crippen LogP contribution is 2.40. The molecule has 0 radical (unpaired) electrons. The molecule has 1 unspecified atom stereocenters. The molecule has 0 aliphatic carbocycles. The molecule has 0 spiro atoms. The quantitative estimate of drug-likeness (QED) is 0.202. The SMILES string of the molecule is Cc1c(-c2nc3cc(CN4CCCC4)cc(Cl)c3o2)cccc1-c1cccc(-c2nc3c(s2)CN(C(C)CO)CC3)c1C. The molecule has 1 fully saturated rings. The summed E-state index contributed by atoms with van der Waals surface area (Å²) < 4.78 is 6.30. The Morgan fingerprint density at radius 1 is 0.953 bits per heavy atom. The summed E-state index contributed by atoms with van der Waals surface area (Å²) in [4.78, 5) is 16.1. The molecule has 5 aromatic rings. The summed E-state index contributed by atoms with van der Waals surface area (Å²) in [6, 6.07) is 17.1. The van der Waals surface area contributed by atoms with Gasteiger partial charge in [0.25, 0.3) is 0 Å². The third-order valence-electron chi connectivity index (χ3n) is 9.18. The maximum Gasteiger partial charge on any atom is 0.227 e. The Balaban J connectivity index is 1.21. The Bertz CT molecular complexity index is 1810. The smallest absolute Gasteiger partial charge is 0.227 e. The first kappa shape index (κ1) is 28.7. The Kier molecular flexibility index (Phi) is 7.86. The third kappa shape index (κ3) is 5.42. The number of rotatable bonds is 7. The van der Waals surface area contributed by atoms with Crippen LogP contribution in [0.15, 0.2) is 52.9 Å². The van der Waals surface area contributed by atoms with Crippen molar-refractivity contribution in [3.05, 3.63) is 80.8 Å². The van der Waals surface area contributed by atoms with E-state index in [1.807, 2.05) is 6.07 Å². The van der Waals surface area contributed by atoms with Gasteiger partial charge in [-0.05, 0) is 92.7 Å². The topological polar surface area (TPSA) is 65.6 Å². The van der Waals surface area contributed by atoms with Gasteiger partial charge in [-0.15, -0.1) is 11.3 Å². The average Bonchev–Trinajstić information content (AvgIpc) is 3.77. The summed E-state index contributed by atoms with van der Waals surface area (Å²) in [6.45, 7) is 11.6. The minimum atomic E-state index is 0.160. The van der Waals surface area contributed by atoms with Crippen LogP contribution in [0.25, 0.3) is 44.3 Å². The summed E-state index contributed by atoms with van der Waals surface area (Å²) in [5.74, 6) is 0.595. The van der Waals surface area contributed by atoms with E-state index in [4.69, 9.17) is 26.0 Å². The molecule has 0 bridgehead atoms. The number of aromatic nitrogens is 2. The van der Waals surface area contributed by atoms with E-state index in [-0.39, 0.29) is 12.6 Å². The number of benzene rings is 3. The van der Waals surface area contributed by atoms with Crippen LogP contribution in [0.1, 0.15) is 47.0 Å². The summed E-state index contributed by atoms with van der Waals surface area (Å²) in [7, 11) is 0. The van der Waals surface area contributed by atoms with Crippen molar-refractivity contribution in [2.75, 3.05) is 26.2 Å². The van der Waals surface area contributed by atoms with Crippen molar-refractivity contribution in [1.29, 1.82) is 0 Å².